The van der Waals surface area contributed by atoms with Crippen LogP contribution in [-0.2, 0) is 0 Å². The van der Waals surface area contributed by atoms with Crippen molar-refractivity contribution in [3.05, 3.63) is 133 Å². The third kappa shape index (κ3) is 3.62. The van der Waals surface area contributed by atoms with E-state index < -0.39 is 0 Å². The fourth-order valence-corrected chi connectivity index (χ4v) is 4.48. The van der Waals surface area contributed by atoms with Crippen molar-refractivity contribution in [1.29, 1.82) is 0 Å². The summed E-state index contributed by atoms with van der Waals surface area (Å²) in [6.45, 7) is 0. The molecule has 0 heterocycles. The van der Waals surface area contributed by atoms with Crippen molar-refractivity contribution >= 4 is 49.5 Å². The number of hydrogen-bond donors (Lipinski definition) is 1. The number of nitrogens with one attached hydrogen (secondary N) is 1. The molecule has 0 spiro atoms. The second kappa shape index (κ2) is 8.25. The molecule has 1 N–H and O–H groups in total. The van der Waals surface area contributed by atoms with Crippen LogP contribution in [0.15, 0.2) is 132 Å². The zero-order chi connectivity index (χ0) is 22.0. The summed E-state index contributed by atoms with van der Waals surface area (Å²) in [7, 11) is 0. The Bertz CT molecular complexity index is 1630. The van der Waals surface area contributed by atoms with Crippen molar-refractivity contribution in [1.82, 2.24) is 0 Å². The van der Waals surface area contributed by atoms with E-state index in [2.05, 4.69) is 133 Å². The van der Waals surface area contributed by atoms with Crippen LogP contribution in [0.5, 0.6) is 0 Å². The van der Waals surface area contributed by atoms with E-state index >= 15 is 0 Å². The number of benzene rings is 6. The van der Waals surface area contributed by atoms with E-state index in [0.717, 1.165) is 28.2 Å². The standard InChI is InChI=1S/C31H22N2/c1-4-16-25-22(10-1)13-7-19-28(25)31(32-29-20-8-14-23-11-2-5-17-26(23)29)33-30-21-9-15-24-12-3-6-18-27(24)30/h1-21H,(H,32,33). The summed E-state index contributed by atoms with van der Waals surface area (Å²) in [4.78, 5) is 5.21. The van der Waals surface area contributed by atoms with E-state index in [0.29, 0.717) is 0 Å². The van der Waals surface area contributed by atoms with E-state index in [-0.39, 0.29) is 0 Å². The maximum absolute atomic E-state index is 5.21. The number of nitrogens with zero attached hydrogens (tertiary/aromatic N) is 1. The van der Waals surface area contributed by atoms with Gasteiger partial charge in [0.25, 0.3) is 0 Å². The molecular formula is C31H22N2. The molecule has 0 aliphatic heterocycles. The minimum Gasteiger partial charge on any atom is -0.339 e. The normalized spacial score (nSPS) is 11.8. The van der Waals surface area contributed by atoms with Gasteiger partial charge in [0, 0.05) is 22.0 Å². The Morgan fingerprint density at radius 1 is 0.455 bits per heavy atom. The molecule has 0 atom stereocenters. The number of anilines is 1. The summed E-state index contributed by atoms with van der Waals surface area (Å²) in [6, 6.07) is 44.3. The third-order valence-electron chi connectivity index (χ3n) is 6.09. The van der Waals surface area contributed by atoms with Gasteiger partial charge in [-0.2, -0.15) is 0 Å². The minimum absolute atomic E-state index is 0.833. The topological polar surface area (TPSA) is 24.4 Å². The number of amidine groups is 1. The fraction of sp³-hybridized carbons (Fsp3) is 0. The molecule has 0 bridgehead atoms. The highest BCUT2D eigenvalue weighted by molar-refractivity contribution is 6.19. The van der Waals surface area contributed by atoms with Gasteiger partial charge in [-0.1, -0.05) is 115 Å². The molecule has 2 heteroatoms. The molecule has 0 aromatic heterocycles. The molecular weight excluding hydrogens is 400 g/mol. The van der Waals surface area contributed by atoms with Gasteiger partial charge in [-0.25, -0.2) is 4.99 Å². The van der Waals surface area contributed by atoms with Gasteiger partial charge >= 0.3 is 0 Å². The molecule has 0 radical (unpaired) electrons. The van der Waals surface area contributed by atoms with Crippen LogP contribution in [0.2, 0.25) is 0 Å². The van der Waals surface area contributed by atoms with Crippen LogP contribution in [0.3, 0.4) is 0 Å². The summed E-state index contributed by atoms with van der Waals surface area (Å²) in [5.41, 5.74) is 3.07. The van der Waals surface area contributed by atoms with Crippen molar-refractivity contribution in [2.75, 3.05) is 5.32 Å². The Kier molecular flexibility index (Phi) is 4.82. The van der Waals surface area contributed by atoms with Gasteiger partial charge in [0.2, 0.25) is 0 Å². The summed E-state index contributed by atoms with van der Waals surface area (Å²) in [6.07, 6.45) is 0. The first-order chi connectivity index (χ1) is 16.4. The third-order valence-corrected chi connectivity index (χ3v) is 6.09. The van der Waals surface area contributed by atoms with Crippen molar-refractivity contribution in [3.63, 3.8) is 0 Å². The lowest BCUT2D eigenvalue weighted by Gasteiger charge is -2.15. The van der Waals surface area contributed by atoms with Crippen molar-refractivity contribution in [2.24, 2.45) is 4.99 Å². The molecule has 0 amide bonds. The smallest absolute Gasteiger partial charge is 0.139 e. The average Bonchev–Trinajstić information content (AvgIpc) is 2.88. The summed E-state index contributed by atoms with van der Waals surface area (Å²) in [5.74, 6) is 0.833. The van der Waals surface area contributed by atoms with Gasteiger partial charge in [-0.15, -0.1) is 0 Å². The van der Waals surface area contributed by atoms with E-state index in [1.54, 1.807) is 0 Å². The first-order valence-electron chi connectivity index (χ1n) is 11.2. The molecule has 0 aliphatic rings. The predicted molar refractivity (Wildman–Crippen MR) is 142 cm³/mol. The molecule has 0 saturated heterocycles. The summed E-state index contributed by atoms with van der Waals surface area (Å²) < 4.78 is 0. The lowest BCUT2D eigenvalue weighted by Crippen LogP contribution is -2.14. The Morgan fingerprint density at radius 2 is 0.970 bits per heavy atom. The van der Waals surface area contributed by atoms with Gasteiger partial charge in [-0.05, 0) is 33.7 Å². The highest BCUT2D eigenvalue weighted by Crippen LogP contribution is 2.30. The van der Waals surface area contributed by atoms with Crippen molar-refractivity contribution in [2.45, 2.75) is 0 Å². The highest BCUT2D eigenvalue weighted by Gasteiger charge is 2.12. The highest BCUT2D eigenvalue weighted by atomic mass is 15.0. The van der Waals surface area contributed by atoms with Gasteiger partial charge < -0.3 is 5.32 Å². The van der Waals surface area contributed by atoms with Gasteiger partial charge in [0.05, 0.1) is 5.69 Å². The molecule has 6 aromatic rings. The van der Waals surface area contributed by atoms with Crippen LogP contribution in [0.25, 0.3) is 32.3 Å². The summed E-state index contributed by atoms with van der Waals surface area (Å²) >= 11 is 0. The summed E-state index contributed by atoms with van der Waals surface area (Å²) in [5, 5.41) is 10.8. The second-order valence-corrected chi connectivity index (χ2v) is 8.14. The van der Waals surface area contributed by atoms with Gasteiger partial charge in [0.15, 0.2) is 0 Å². The van der Waals surface area contributed by atoms with E-state index in [4.69, 9.17) is 4.99 Å². The van der Waals surface area contributed by atoms with Gasteiger partial charge in [-0.3, -0.25) is 0 Å². The number of rotatable bonds is 3. The molecule has 156 valence electrons. The predicted octanol–water partition coefficient (Wildman–Crippen LogP) is 8.34. The van der Waals surface area contributed by atoms with Crippen LogP contribution in [0.1, 0.15) is 5.56 Å². The Morgan fingerprint density at radius 3 is 1.73 bits per heavy atom. The van der Waals surface area contributed by atoms with E-state index in [1.165, 1.54) is 26.9 Å². The fourth-order valence-electron chi connectivity index (χ4n) is 4.48. The molecule has 2 nitrogen and oxygen atoms in total. The monoisotopic (exact) mass is 422 g/mol. The molecule has 0 fully saturated rings. The van der Waals surface area contributed by atoms with Crippen molar-refractivity contribution in [3.8, 4) is 0 Å². The maximum atomic E-state index is 5.21. The Balaban J connectivity index is 1.59. The van der Waals surface area contributed by atoms with Crippen molar-refractivity contribution < 1.29 is 0 Å². The molecule has 0 saturated carbocycles. The second-order valence-electron chi connectivity index (χ2n) is 8.14. The Hall–Kier alpha value is -4.43. The van der Waals surface area contributed by atoms with Gasteiger partial charge in [0.1, 0.15) is 5.84 Å². The SMILES string of the molecule is c1ccc2c(N=C(Nc3cccc4ccccc34)c3cccc4ccccc34)cccc2c1. The van der Waals surface area contributed by atoms with E-state index in [9.17, 15) is 0 Å². The quantitative estimate of drug-likeness (QED) is 0.225. The lowest BCUT2D eigenvalue weighted by molar-refractivity contribution is 1.51. The van der Waals surface area contributed by atoms with Crippen LogP contribution >= 0.6 is 0 Å². The van der Waals surface area contributed by atoms with Crippen LogP contribution in [0.4, 0.5) is 11.4 Å². The molecule has 6 aromatic carbocycles. The molecule has 6 rings (SSSR count). The number of hydrogen-bond acceptors (Lipinski definition) is 1. The zero-order valence-corrected chi connectivity index (χ0v) is 18.1. The maximum Gasteiger partial charge on any atom is 0.139 e. The Labute approximate surface area is 192 Å². The van der Waals surface area contributed by atoms with E-state index in [1.807, 2.05) is 0 Å². The molecule has 0 unspecified atom stereocenters. The zero-order valence-electron chi connectivity index (χ0n) is 18.1. The average molecular weight is 423 g/mol. The largest absolute Gasteiger partial charge is 0.339 e. The first kappa shape index (κ1) is 19.3. The van der Waals surface area contributed by atoms with Crippen LogP contribution < -0.4 is 5.32 Å². The minimum atomic E-state index is 0.833. The first-order valence-corrected chi connectivity index (χ1v) is 11.2. The number of fused-ring (bicyclic) bond motifs is 3. The molecule has 0 aliphatic carbocycles. The molecule has 33 heavy (non-hydrogen) atoms. The number of aliphatic imine (C=N–C) groups is 1. The van der Waals surface area contributed by atoms with Crippen LogP contribution in [-0.4, -0.2) is 5.84 Å². The van der Waals surface area contributed by atoms with Crippen LogP contribution in [0, 0.1) is 0 Å². The lowest BCUT2D eigenvalue weighted by atomic mass is 10.0.